The molecule has 0 radical (unpaired) electrons. The van der Waals surface area contributed by atoms with E-state index in [0.29, 0.717) is 5.92 Å². The van der Waals surface area contributed by atoms with E-state index in [-0.39, 0.29) is 12.1 Å². The highest BCUT2D eigenvalue weighted by Crippen LogP contribution is 2.33. The van der Waals surface area contributed by atoms with Crippen LogP contribution in [0.3, 0.4) is 0 Å². The van der Waals surface area contributed by atoms with Gasteiger partial charge in [-0.05, 0) is 51.5 Å². The molecule has 0 unspecified atom stereocenters. The van der Waals surface area contributed by atoms with Gasteiger partial charge in [0.2, 0.25) is 5.95 Å². The highest BCUT2D eigenvalue weighted by atomic mass is 16.6. The van der Waals surface area contributed by atoms with E-state index in [0.717, 1.165) is 24.8 Å². The zero-order valence-corrected chi connectivity index (χ0v) is 12.1. The van der Waals surface area contributed by atoms with Crippen LogP contribution in [-0.2, 0) is 4.74 Å². The molecule has 0 aliphatic heterocycles. The molecule has 1 aromatic heterocycles. The molecular formula is C14H21N3O3. The summed E-state index contributed by atoms with van der Waals surface area (Å²) in [6, 6.07) is 0. The van der Waals surface area contributed by atoms with Crippen LogP contribution in [0.25, 0.3) is 0 Å². The van der Waals surface area contributed by atoms with Crippen molar-refractivity contribution in [2.45, 2.75) is 57.7 Å². The Morgan fingerprint density at radius 2 is 2.00 bits per heavy atom. The van der Waals surface area contributed by atoms with E-state index in [1.807, 2.05) is 0 Å². The van der Waals surface area contributed by atoms with Gasteiger partial charge in [-0.1, -0.05) is 0 Å². The quantitative estimate of drug-likeness (QED) is 0.868. The zero-order chi connectivity index (χ0) is 14.8. The highest BCUT2D eigenvalue weighted by molar-refractivity contribution is 5.82. The van der Waals surface area contributed by atoms with Gasteiger partial charge in [-0.25, -0.2) is 14.8 Å². The summed E-state index contributed by atoms with van der Waals surface area (Å²) in [5.74, 6) is 0.530. The van der Waals surface area contributed by atoms with Crippen molar-refractivity contribution in [1.82, 2.24) is 9.97 Å². The standard InChI is InChI=1S/C14H21N3O3/c1-14(2,3)20-13(19)17-12-15-7-10(8-16-12)9-4-5-11(18)6-9/h7-9,11,18H,4-6H2,1-3H3,(H,15,16,17,19)/t9-,11+/m1/s1. The molecule has 0 bridgehead atoms. The summed E-state index contributed by atoms with van der Waals surface area (Å²) in [5.41, 5.74) is 0.445. The van der Waals surface area contributed by atoms with Crippen LogP contribution in [0, 0.1) is 0 Å². The molecule has 2 atom stereocenters. The number of ether oxygens (including phenoxy) is 1. The van der Waals surface area contributed by atoms with Gasteiger partial charge in [-0.2, -0.15) is 0 Å². The topological polar surface area (TPSA) is 84.3 Å². The normalized spacial score (nSPS) is 22.6. The third kappa shape index (κ3) is 4.16. The van der Waals surface area contributed by atoms with Gasteiger partial charge in [0.05, 0.1) is 6.10 Å². The van der Waals surface area contributed by atoms with E-state index in [1.165, 1.54) is 0 Å². The van der Waals surface area contributed by atoms with E-state index < -0.39 is 11.7 Å². The molecule has 1 fully saturated rings. The number of nitrogens with one attached hydrogen (secondary N) is 1. The van der Waals surface area contributed by atoms with E-state index in [9.17, 15) is 9.90 Å². The second kappa shape index (κ2) is 5.75. The van der Waals surface area contributed by atoms with Crippen molar-refractivity contribution in [2.24, 2.45) is 0 Å². The number of nitrogens with zero attached hydrogens (tertiary/aromatic N) is 2. The summed E-state index contributed by atoms with van der Waals surface area (Å²) in [6.45, 7) is 5.38. The molecule has 1 aromatic rings. The Labute approximate surface area is 118 Å². The number of hydrogen-bond acceptors (Lipinski definition) is 5. The zero-order valence-electron chi connectivity index (χ0n) is 12.1. The minimum Gasteiger partial charge on any atom is -0.444 e. The van der Waals surface area contributed by atoms with E-state index in [2.05, 4.69) is 15.3 Å². The molecule has 110 valence electrons. The molecule has 2 rings (SSSR count). The minimum atomic E-state index is -0.568. The first-order valence-corrected chi connectivity index (χ1v) is 6.83. The molecule has 0 spiro atoms. The maximum atomic E-state index is 11.6. The van der Waals surface area contributed by atoms with Crippen molar-refractivity contribution in [2.75, 3.05) is 5.32 Å². The van der Waals surface area contributed by atoms with Gasteiger partial charge in [-0.3, -0.25) is 5.32 Å². The Bertz CT molecular complexity index is 468. The van der Waals surface area contributed by atoms with Crippen molar-refractivity contribution in [3.8, 4) is 0 Å². The fourth-order valence-electron chi connectivity index (χ4n) is 2.27. The van der Waals surface area contributed by atoms with Crippen molar-refractivity contribution in [3.63, 3.8) is 0 Å². The predicted molar refractivity (Wildman–Crippen MR) is 74.5 cm³/mol. The molecule has 1 saturated carbocycles. The summed E-state index contributed by atoms with van der Waals surface area (Å²) < 4.78 is 5.12. The molecule has 2 N–H and O–H groups in total. The summed E-state index contributed by atoms with van der Waals surface area (Å²) in [4.78, 5) is 19.8. The molecule has 1 amide bonds. The maximum absolute atomic E-state index is 11.6. The van der Waals surface area contributed by atoms with E-state index >= 15 is 0 Å². The number of anilines is 1. The van der Waals surface area contributed by atoms with Gasteiger partial charge < -0.3 is 9.84 Å². The minimum absolute atomic E-state index is 0.223. The lowest BCUT2D eigenvalue weighted by atomic mass is 10.0. The number of aliphatic hydroxyl groups excluding tert-OH is 1. The van der Waals surface area contributed by atoms with Crippen LogP contribution in [0.2, 0.25) is 0 Å². The van der Waals surface area contributed by atoms with Crippen LogP contribution in [0.15, 0.2) is 12.4 Å². The monoisotopic (exact) mass is 279 g/mol. The van der Waals surface area contributed by atoms with Crippen LogP contribution in [0.1, 0.15) is 51.5 Å². The van der Waals surface area contributed by atoms with Gasteiger partial charge >= 0.3 is 6.09 Å². The highest BCUT2D eigenvalue weighted by Gasteiger charge is 2.24. The van der Waals surface area contributed by atoms with Gasteiger partial charge in [0.1, 0.15) is 5.60 Å². The maximum Gasteiger partial charge on any atom is 0.414 e. The number of carbonyl (C=O) groups excluding carboxylic acids is 1. The Balaban J connectivity index is 1.93. The number of hydrogen-bond donors (Lipinski definition) is 2. The molecule has 6 heteroatoms. The fraction of sp³-hybridized carbons (Fsp3) is 0.643. The Morgan fingerprint density at radius 3 is 2.50 bits per heavy atom. The van der Waals surface area contributed by atoms with Crippen molar-refractivity contribution >= 4 is 12.0 Å². The van der Waals surface area contributed by atoms with E-state index in [1.54, 1.807) is 33.2 Å². The average molecular weight is 279 g/mol. The third-order valence-corrected chi connectivity index (χ3v) is 3.16. The summed E-state index contributed by atoms with van der Waals surface area (Å²) >= 11 is 0. The largest absolute Gasteiger partial charge is 0.444 e. The van der Waals surface area contributed by atoms with Crippen LogP contribution in [0.5, 0.6) is 0 Å². The number of aliphatic hydroxyl groups is 1. The lowest BCUT2D eigenvalue weighted by Gasteiger charge is -2.19. The number of carbonyl (C=O) groups is 1. The van der Waals surface area contributed by atoms with Crippen LogP contribution < -0.4 is 5.32 Å². The molecule has 20 heavy (non-hydrogen) atoms. The summed E-state index contributed by atoms with van der Waals surface area (Å²) in [7, 11) is 0. The molecule has 1 aliphatic rings. The first-order valence-electron chi connectivity index (χ1n) is 6.83. The predicted octanol–water partition coefficient (Wildman–Crippen LogP) is 2.45. The second-order valence-corrected chi connectivity index (χ2v) is 6.13. The van der Waals surface area contributed by atoms with Crippen molar-refractivity contribution in [3.05, 3.63) is 18.0 Å². The van der Waals surface area contributed by atoms with Crippen LogP contribution >= 0.6 is 0 Å². The van der Waals surface area contributed by atoms with Gasteiger partial charge in [-0.15, -0.1) is 0 Å². The van der Waals surface area contributed by atoms with Gasteiger partial charge in [0.25, 0.3) is 0 Å². The average Bonchev–Trinajstić information content (AvgIpc) is 2.74. The molecule has 6 nitrogen and oxygen atoms in total. The molecule has 1 aliphatic carbocycles. The third-order valence-electron chi connectivity index (χ3n) is 3.16. The summed E-state index contributed by atoms with van der Waals surface area (Å²) in [6.07, 6.45) is 5.12. The smallest absolute Gasteiger partial charge is 0.414 e. The first kappa shape index (κ1) is 14.7. The molecule has 1 heterocycles. The SMILES string of the molecule is CC(C)(C)OC(=O)Nc1ncc([C@@H]2CC[C@H](O)C2)cn1. The molecule has 0 aromatic carbocycles. The number of rotatable bonds is 2. The number of amides is 1. The Kier molecular flexibility index (Phi) is 4.23. The first-order chi connectivity index (χ1) is 9.33. The number of aromatic nitrogens is 2. The van der Waals surface area contributed by atoms with Crippen molar-refractivity contribution < 1.29 is 14.6 Å². The summed E-state index contributed by atoms with van der Waals surface area (Å²) in [5, 5.41) is 12.0. The fourth-order valence-corrected chi connectivity index (χ4v) is 2.27. The van der Waals surface area contributed by atoms with Crippen LogP contribution in [-0.4, -0.2) is 32.9 Å². The van der Waals surface area contributed by atoms with Crippen molar-refractivity contribution in [1.29, 1.82) is 0 Å². The molecular weight excluding hydrogens is 258 g/mol. The van der Waals surface area contributed by atoms with E-state index in [4.69, 9.17) is 4.74 Å². The molecule has 0 saturated heterocycles. The lowest BCUT2D eigenvalue weighted by molar-refractivity contribution is 0.0634. The Morgan fingerprint density at radius 1 is 1.35 bits per heavy atom. The van der Waals surface area contributed by atoms with Gasteiger partial charge in [0, 0.05) is 12.4 Å². The Hall–Kier alpha value is -1.69. The second-order valence-electron chi connectivity index (χ2n) is 6.13. The van der Waals surface area contributed by atoms with Gasteiger partial charge in [0.15, 0.2) is 0 Å². The lowest BCUT2D eigenvalue weighted by Crippen LogP contribution is -2.27. The van der Waals surface area contributed by atoms with Crippen LogP contribution in [0.4, 0.5) is 10.7 Å².